The molecule has 0 aliphatic carbocycles. The van der Waals surface area contributed by atoms with Crippen LogP contribution >= 0.6 is 11.3 Å². The lowest BCUT2D eigenvalue weighted by Crippen LogP contribution is -2.36. The van der Waals surface area contributed by atoms with Crippen LogP contribution in [0, 0.1) is 12.8 Å². The number of aryl methyl sites for hydroxylation is 1. The molecule has 0 aromatic carbocycles. The summed E-state index contributed by atoms with van der Waals surface area (Å²) < 4.78 is 7.61. The molecule has 3 aromatic rings. The Bertz CT molecular complexity index is 779. The van der Waals surface area contributed by atoms with E-state index >= 15 is 0 Å². The molecule has 126 valence electrons. The Morgan fingerprint density at radius 3 is 3.12 bits per heavy atom. The second kappa shape index (κ2) is 6.86. The van der Waals surface area contributed by atoms with Gasteiger partial charge in [0, 0.05) is 25.0 Å². The molecule has 0 unspecified atom stereocenters. The zero-order chi connectivity index (χ0) is 16.4. The summed E-state index contributed by atoms with van der Waals surface area (Å²) in [6.45, 7) is 6.04. The molecule has 0 amide bonds. The monoisotopic (exact) mass is 343 g/mol. The number of hydrogen-bond acceptors (Lipinski definition) is 6. The van der Waals surface area contributed by atoms with Gasteiger partial charge < -0.3 is 4.42 Å². The van der Waals surface area contributed by atoms with E-state index in [2.05, 4.69) is 20.4 Å². The van der Waals surface area contributed by atoms with Gasteiger partial charge in [-0.3, -0.25) is 9.58 Å². The van der Waals surface area contributed by atoms with Crippen LogP contribution in [0.1, 0.15) is 24.3 Å². The van der Waals surface area contributed by atoms with E-state index in [0.717, 1.165) is 48.4 Å². The number of rotatable bonds is 5. The van der Waals surface area contributed by atoms with Crippen molar-refractivity contribution in [3.8, 4) is 10.8 Å². The molecule has 1 aliphatic heterocycles. The van der Waals surface area contributed by atoms with Gasteiger partial charge in [-0.2, -0.15) is 5.10 Å². The van der Waals surface area contributed by atoms with Crippen LogP contribution in [0.4, 0.5) is 0 Å². The van der Waals surface area contributed by atoms with Gasteiger partial charge in [-0.15, -0.1) is 11.3 Å². The van der Waals surface area contributed by atoms with E-state index in [-0.39, 0.29) is 0 Å². The normalized spacial score (nSPS) is 19.0. The first-order valence-electron chi connectivity index (χ1n) is 8.32. The summed E-state index contributed by atoms with van der Waals surface area (Å²) in [4.78, 5) is 11.3. The van der Waals surface area contributed by atoms with Crippen molar-refractivity contribution in [2.24, 2.45) is 5.92 Å². The summed E-state index contributed by atoms with van der Waals surface area (Å²) in [5.41, 5.74) is 1.13. The topological polar surface area (TPSA) is 60.0 Å². The largest absolute Gasteiger partial charge is 0.459 e. The number of furan rings is 1. The fourth-order valence-corrected chi connectivity index (χ4v) is 4.08. The van der Waals surface area contributed by atoms with Crippen LogP contribution in [0.25, 0.3) is 10.8 Å². The maximum absolute atomic E-state index is 5.67. The highest BCUT2D eigenvalue weighted by atomic mass is 32.1. The minimum absolute atomic E-state index is 0.631. The number of likely N-dealkylation sites (tertiary alicyclic amines) is 1. The van der Waals surface area contributed by atoms with Crippen LogP contribution in [0.15, 0.2) is 34.6 Å². The molecule has 0 spiro atoms. The number of thiazole rings is 1. The second-order valence-electron chi connectivity index (χ2n) is 6.42. The van der Waals surface area contributed by atoms with Crippen molar-refractivity contribution in [1.82, 2.24) is 24.6 Å². The first-order chi connectivity index (χ1) is 11.8. The third kappa shape index (κ3) is 3.57. The van der Waals surface area contributed by atoms with Crippen molar-refractivity contribution in [1.29, 1.82) is 0 Å². The summed E-state index contributed by atoms with van der Waals surface area (Å²) in [5.74, 6) is 2.42. The average Bonchev–Trinajstić information content (AvgIpc) is 3.30. The fourth-order valence-electron chi connectivity index (χ4n) is 3.31. The average molecular weight is 343 g/mol. The van der Waals surface area contributed by atoms with Gasteiger partial charge >= 0.3 is 0 Å². The Morgan fingerprint density at radius 2 is 2.33 bits per heavy atom. The molecule has 1 atom stereocenters. The summed E-state index contributed by atoms with van der Waals surface area (Å²) in [7, 11) is 0. The van der Waals surface area contributed by atoms with Gasteiger partial charge in [-0.1, -0.05) is 0 Å². The molecule has 0 N–H and O–H groups in total. The molecule has 4 rings (SSSR count). The van der Waals surface area contributed by atoms with Crippen LogP contribution in [0.3, 0.4) is 0 Å². The van der Waals surface area contributed by atoms with Gasteiger partial charge in [0.2, 0.25) is 0 Å². The third-order valence-electron chi connectivity index (χ3n) is 4.40. The van der Waals surface area contributed by atoms with E-state index in [1.807, 2.05) is 23.7 Å². The first kappa shape index (κ1) is 15.5. The Kier molecular flexibility index (Phi) is 4.44. The first-order valence-corrected chi connectivity index (χ1v) is 9.20. The van der Waals surface area contributed by atoms with Crippen molar-refractivity contribution in [2.45, 2.75) is 32.9 Å². The lowest BCUT2D eigenvalue weighted by atomic mass is 9.98. The van der Waals surface area contributed by atoms with E-state index < -0.39 is 0 Å². The highest BCUT2D eigenvalue weighted by Crippen LogP contribution is 2.27. The number of nitrogens with zero attached hydrogens (tertiary/aromatic N) is 5. The minimum atomic E-state index is 0.631. The van der Waals surface area contributed by atoms with Crippen molar-refractivity contribution >= 4 is 11.3 Å². The van der Waals surface area contributed by atoms with Gasteiger partial charge in [-0.25, -0.2) is 9.97 Å². The van der Waals surface area contributed by atoms with E-state index in [9.17, 15) is 0 Å². The predicted octanol–water partition coefficient (Wildman–Crippen LogP) is 3.22. The highest BCUT2D eigenvalue weighted by molar-refractivity contribution is 7.13. The van der Waals surface area contributed by atoms with Gasteiger partial charge in [-0.05, 0) is 44.4 Å². The summed E-state index contributed by atoms with van der Waals surface area (Å²) >= 11 is 1.66. The quantitative estimate of drug-likeness (QED) is 0.712. The van der Waals surface area contributed by atoms with Gasteiger partial charge in [0.05, 0.1) is 5.69 Å². The molecule has 0 radical (unpaired) electrons. The maximum Gasteiger partial charge on any atom is 0.162 e. The number of piperidine rings is 1. The van der Waals surface area contributed by atoms with Crippen molar-refractivity contribution in [2.75, 3.05) is 13.1 Å². The van der Waals surface area contributed by atoms with Crippen LogP contribution in [0.5, 0.6) is 0 Å². The SMILES string of the molecule is Cc1ccc(-c2nc(CN3CCC[C@@H](Cn4cncn4)C3)cs2)o1. The van der Waals surface area contributed by atoms with Crippen LogP contribution < -0.4 is 0 Å². The third-order valence-corrected chi connectivity index (χ3v) is 5.31. The van der Waals surface area contributed by atoms with Gasteiger partial charge in [0.25, 0.3) is 0 Å². The summed E-state index contributed by atoms with van der Waals surface area (Å²) in [6, 6.07) is 3.97. The Morgan fingerprint density at radius 1 is 1.38 bits per heavy atom. The molecule has 7 heteroatoms. The lowest BCUT2D eigenvalue weighted by Gasteiger charge is -2.32. The molecule has 24 heavy (non-hydrogen) atoms. The predicted molar refractivity (Wildman–Crippen MR) is 92.6 cm³/mol. The Balaban J connectivity index is 1.37. The molecule has 4 heterocycles. The Hall–Kier alpha value is -1.99. The standard InChI is InChI=1S/C17H21N5OS/c1-13-4-5-16(23-13)17-20-15(10-24-17)9-21-6-2-3-14(7-21)8-22-12-18-11-19-22/h4-5,10-12,14H,2-3,6-9H2,1H3/t14-/m1/s1. The van der Waals surface area contributed by atoms with Crippen LogP contribution in [-0.2, 0) is 13.1 Å². The molecule has 1 saturated heterocycles. The number of hydrogen-bond donors (Lipinski definition) is 0. The minimum Gasteiger partial charge on any atom is -0.459 e. The molecule has 0 saturated carbocycles. The second-order valence-corrected chi connectivity index (χ2v) is 7.27. The summed E-state index contributed by atoms with van der Waals surface area (Å²) in [5, 5.41) is 7.34. The fraction of sp³-hybridized carbons (Fsp3) is 0.471. The highest BCUT2D eigenvalue weighted by Gasteiger charge is 2.21. The molecular formula is C17H21N5OS. The van der Waals surface area contributed by atoms with E-state index in [1.54, 1.807) is 24.0 Å². The molecule has 6 nitrogen and oxygen atoms in total. The van der Waals surface area contributed by atoms with Gasteiger partial charge in [0.1, 0.15) is 18.4 Å². The molecular weight excluding hydrogens is 322 g/mol. The zero-order valence-electron chi connectivity index (χ0n) is 13.8. The maximum atomic E-state index is 5.67. The van der Waals surface area contributed by atoms with E-state index in [4.69, 9.17) is 9.40 Å². The zero-order valence-corrected chi connectivity index (χ0v) is 14.6. The smallest absolute Gasteiger partial charge is 0.162 e. The van der Waals surface area contributed by atoms with E-state index in [0.29, 0.717) is 5.92 Å². The molecule has 1 aliphatic rings. The van der Waals surface area contributed by atoms with Crippen molar-refractivity contribution in [3.63, 3.8) is 0 Å². The number of aromatic nitrogens is 4. The van der Waals surface area contributed by atoms with Crippen LogP contribution in [-0.4, -0.2) is 37.7 Å². The molecule has 1 fully saturated rings. The van der Waals surface area contributed by atoms with Crippen LogP contribution in [0.2, 0.25) is 0 Å². The Labute approximate surface area is 145 Å². The molecule has 0 bridgehead atoms. The van der Waals surface area contributed by atoms with Crippen molar-refractivity contribution in [3.05, 3.63) is 41.6 Å². The molecule has 3 aromatic heterocycles. The van der Waals surface area contributed by atoms with Gasteiger partial charge in [0.15, 0.2) is 10.8 Å². The van der Waals surface area contributed by atoms with E-state index in [1.165, 1.54) is 12.8 Å². The summed E-state index contributed by atoms with van der Waals surface area (Å²) in [6.07, 6.45) is 5.89. The van der Waals surface area contributed by atoms with Crippen molar-refractivity contribution < 1.29 is 4.42 Å². The lowest BCUT2D eigenvalue weighted by molar-refractivity contribution is 0.152.